The molecule has 0 aliphatic heterocycles. The molecule has 0 heterocycles. The highest BCUT2D eigenvalue weighted by atomic mass is 79.9. The molecule has 132 valence electrons. The number of amides is 1. The molecule has 2 aromatic carbocycles. The molecule has 0 aromatic heterocycles. The van der Waals surface area contributed by atoms with Gasteiger partial charge in [-0.2, -0.15) is 0 Å². The van der Waals surface area contributed by atoms with E-state index in [9.17, 15) is 14.7 Å². The number of hydrogen-bond donors (Lipinski definition) is 3. The van der Waals surface area contributed by atoms with Gasteiger partial charge in [0.05, 0.1) is 6.61 Å². The number of rotatable bonds is 6. The van der Waals surface area contributed by atoms with Crippen LogP contribution in [0.5, 0.6) is 11.5 Å². The zero-order valence-electron chi connectivity index (χ0n) is 13.8. The predicted molar refractivity (Wildman–Crippen MR) is 96.9 cm³/mol. The molecule has 3 N–H and O–H groups in total. The number of aliphatic hydroxyl groups excluding tert-OH is 1. The first-order chi connectivity index (χ1) is 11.8. The molecule has 0 radical (unpaired) electrons. The second-order valence-corrected chi connectivity index (χ2v) is 6.43. The van der Waals surface area contributed by atoms with Crippen LogP contribution in [0.2, 0.25) is 0 Å². The zero-order chi connectivity index (χ0) is 18.6. The van der Waals surface area contributed by atoms with E-state index in [1.807, 2.05) is 13.8 Å². The summed E-state index contributed by atoms with van der Waals surface area (Å²) in [5.41, 5.74) is 2.88. The Balaban J connectivity index is 2.21. The maximum Gasteiger partial charge on any atom is 0.312 e. The van der Waals surface area contributed by atoms with Crippen LogP contribution in [0.4, 0.5) is 5.69 Å². The first kappa shape index (κ1) is 19.0. The summed E-state index contributed by atoms with van der Waals surface area (Å²) in [5, 5.41) is 20.4. The Labute approximate surface area is 153 Å². The summed E-state index contributed by atoms with van der Waals surface area (Å²) in [7, 11) is 0. The quantitative estimate of drug-likeness (QED) is 0.633. The fourth-order valence-corrected chi connectivity index (χ4v) is 2.85. The summed E-state index contributed by atoms with van der Waals surface area (Å²) < 4.78 is 6.68. The second-order valence-electron chi connectivity index (χ2n) is 5.57. The monoisotopic (exact) mass is 407 g/mol. The van der Waals surface area contributed by atoms with Gasteiger partial charge in [-0.25, -0.2) is 0 Å². The van der Waals surface area contributed by atoms with Gasteiger partial charge in [-0.3, -0.25) is 9.59 Å². The maximum absolute atomic E-state index is 11.6. The molecule has 1 amide bonds. The van der Waals surface area contributed by atoms with Crippen LogP contribution < -0.4 is 10.1 Å². The van der Waals surface area contributed by atoms with E-state index in [2.05, 4.69) is 21.2 Å². The number of halogens is 1. The third kappa shape index (κ3) is 5.04. The SMILES string of the molecule is Cc1cc(NC(=O)CC(=O)O)cc(C)c1Oc1ccc(CO)c(Br)c1. The van der Waals surface area contributed by atoms with E-state index in [0.717, 1.165) is 21.2 Å². The second kappa shape index (κ2) is 8.13. The number of aliphatic hydroxyl groups is 1. The summed E-state index contributed by atoms with van der Waals surface area (Å²) in [4.78, 5) is 22.1. The van der Waals surface area contributed by atoms with E-state index in [4.69, 9.17) is 9.84 Å². The van der Waals surface area contributed by atoms with Crippen molar-refractivity contribution >= 4 is 33.5 Å². The van der Waals surface area contributed by atoms with Gasteiger partial charge in [0, 0.05) is 10.2 Å². The van der Waals surface area contributed by atoms with Crippen LogP contribution in [0, 0.1) is 13.8 Å². The van der Waals surface area contributed by atoms with Crippen molar-refractivity contribution in [3.63, 3.8) is 0 Å². The molecule has 0 aliphatic carbocycles. The van der Waals surface area contributed by atoms with E-state index < -0.39 is 18.3 Å². The lowest BCUT2D eigenvalue weighted by atomic mass is 10.1. The number of benzene rings is 2. The number of hydrogen-bond acceptors (Lipinski definition) is 4. The number of carboxylic acid groups (broad SMARTS) is 1. The molecule has 0 atom stereocenters. The van der Waals surface area contributed by atoms with Crippen molar-refractivity contribution in [1.82, 2.24) is 0 Å². The third-order valence-corrected chi connectivity index (χ3v) is 4.21. The smallest absolute Gasteiger partial charge is 0.312 e. The molecule has 25 heavy (non-hydrogen) atoms. The molecule has 0 saturated carbocycles. The van der Waals surface area contributed by atoms with Crippen LogP contribution in [0.3, 0.4) is 0 Å². The lowest BCUT2D eigenvalue weighted by Gasteiger charge is -2.15. The lowest BCUT2D eigenvalue weighted by molar-refractivity contribution is -0.139. The maximum atomic E-state index is 11.6. The number of carbonyl (C=O) groups excluding carboxylic acids is 1. The lowest BCUT2D eigenvalue weighted by Crippen LogP contribution is -2.16. The molecular formula is C18H18BrNO5. The number of carboxylic acids is 1. The van der Waals surface area contributed by atoms with Crippen molar-refractivity contribution in [2.75, 3.05) is 5.32 Å². The van der Waals surface area contributed by atoms with E-state index in [1.165, 1.54) is 0 Å². The van der Waals surface area contributed by atoms with Gasteiger partial charge in [0.1, 0.15) is 17.9 Å². The van der Waals surface area contributed by atoms with Crippen LogP contribution in [0.1, 0.15) is 23.1 Å². The number of aryl methyl sites for hydroxylation is 2. The van der Waals surface area contributed by atoms with E-state index >= 15 is 0 Å². The highest BCUT2D eigenvalue weighted by Crippen LogP contribution is 2.33. The van der Waals surface area contributed by atoms with Gasteiger partial charge in [0.15, 0.2) is 0 Å². The molecule has 6 nitrogen and oxygen atoms in total. The molecule has 7 heteroatoms. The van der Waals surface area contributed by atoms with Gasteiger partial charge in [0.25, 0.3) is 0 Å². The molecular weight excluding hydrogens is 390 g/mol. The Morgan fingerprint density at radius 2 is 1.80 bits per heavy atom. The highest BCUT2D eigenvalue weighted by molar-refractivity contribution is 9.10. The number of ether oxygens (including phenoxy) is 1. The van der Waals surface area contributed by atoms with Crippen LogP contribution >= 0.6 is 15.9 Å². The summed E-state index contributed by atoms with van der Waals surface area (Å²) >= 11 is 3.38. The Morgan fingerprint density at radius 1 is 1.16 bits per heavy atom. The normalized spacial score (nSPS) is 10.4. The van der Waals surface area contributed by atoms with E-state index in [-0.39, 0.29) is 6.61 Å². The number of nitrogens with one attached hydrogen (secondary N) is 1. The minimum absolute atomic E-state index is 0.0658. The molecule has 0 bridgehead atoms. The standard InChI is InChI=1S/C18H18BrNO5/c1-10-5-13(20-16(22)8-17(23)24)6-11(2)18(10)25-14-4-3-12(9-21)15(19)7-14/h3-7,21H,8-9H2,1-2H3,(H,20,22)(H,23,24). The Morgan fingerprint density at radius 3 is 2.32 bits per heavy atom. The molecule has 0 aliphatic rings. The number of carbonyl (C=O) groups is 2. The Hall–Kier alpha value is -2.38. The van der Waals surface area contributed by atoms with Crippen molar-refractivity contribution in [3.8, 4) is 11.5 Å². The zero-order valence-corrected chi connectivity index (χ0v) is 15.4. The van der Waals surface area contributed by atoms with Gasteiger partial charge in [-0.05, 0) is 54.8 Å². The fraction of sp³-hybridized carbons (Fsp3) is 0.222. The van der Waals surface area contributed by atoms with Gasteiger partial charge in [-0.15, -0.1) is 0 Å². The summed E-state index contributed by atoms with van der Waals surface area (Å²) in [6.07, 6.45) is -0.582. The first-order valence-electron chi connectivity index (χ1n) is 7.50. The number of aliphatic carboxylic acids is 1. The topological polar surface area (TPSA) is 95.9 Å². The largest absolute Gasteiger partial charge is 0.481 e. The third-order valence-electron chi connectivity index (χ3n) is 3.47. The Bertz CT molecular complexity index is 796. The van der Waals surface area contributed by atoms with Gasteiger partial charge in [0.2, 0.25) is 5.91 Å². The van der Waals surface area contributed by atoms with Crippen molar-refractivity contribution < 1.29 is 24.5 Å². The van der Waals surface area contributed by atoms with Crippen molar-refractivity contribution in [2.24, 2.45) is 0 Å². The van der Waals surface area contributed by atoms with Crippen LogP contribution in [-0.2, 0) is 16.2 Å². The van der Waals surface area contributed by atoms with E-state index in [0.29, 0.717) is 17.2 Å². The van der Waals surface area contributed by atoms with Gasteiger partial charge >= 0.3 is 5.97 Å². The van der Waals surface area contributed by atoms with Crippen LogP contribution in [0.25, 0.3) is 0 Å². The summed E-state index contributed by atoms with van der Waals surface area (Å²) in [5.74, 6) is -0.496. The fourth-order valence-electron chi connectivity index (χ4n) is 2.36. The Kier molecular flexibility index (Phi) is 6.17. The minimum Gasteiger partial charge on any atom is -0.481 e. The van der Waals surface area contributed by atoms with E-state index in [1.54, 1.807) is 30.3 Å². The average Bonchev–Trinajstić information content (AvgIpc) is 2.50. The summed E-state index contributed by atoms with van der Waals surface area (Å²) in [6.45, 7) is 3.61. The van der Waals surface area contributed by atoms with Gasteiger partial charge in [-0.1, -0.05) is 22.0 Å². The summed E-state index contributed by atoms with van der Waals surface area (Å²) in [6, 6.07) is 8.74. The molecule has 0 unspecified atom stereocenters. The van der Waals surface area contributed by atoms with Crippen molar-refractivity contribution in [1.29, 1.82) is 0 Å². The number of anilines is 1. The molecule has 0 spiro atoms. The van der Waals surface area contributed by atoms with Crippen molar-refractivity contribution in [2.45, 2.75) is 26.9 Å². The molecule has 0 saturated heterocycles. The molecule has 2 rings (SSSR count). The highest BCUT2D eigenvalue weighted by Gasteiger charge is 2.12. The van der Waals surface area contributed by atoms with Crippen LogP contribution in [0.15, 0.2) is 34.8 Å². The first-order valence-corrected chi connectivity index (χ1v) is 8.29. The van der Waals surface area contributed by atoms with Crippen LogP contribution in [-0.4, -0.2) is 22.1 Å². The predicted octanol–water partition coefficient (Wildman–Crippen LogP) is 3.76. The van der Waals surface area contributed by atoms with Crippen molar-refractivity contribution in [3.05, 3.63) is 51.5 Å². The minimum atomic E-state index is -1.18. The van der Waals surface area contributed by atoms with Gasteiger partial charge < -0.3 is 20.3 Å². The molecule has 2 aromatic rings. The average molecular weight is 408 g/mol. The molecule has 0 fully saturated rings.